The number of allylic oxidation sites excluding steroid dienone is 7. The van der Waals surface area contributed by atoms with Crippen LogP contribution < -0.4 is 16.6 Å². The van der Waals surface area contributed by atoms with Gasteiger partial charge in [0.2, 0.25) is 0 Å². The van der Waals surface area contributed by atoms with Gasteiger partial charge in [0.05, 0.1) is 10.7 Å². The highest BCUT2D eigenvalue weighted by Crippen LogP contribution is 2.33. The number of aromatic amines is 1. The van der Waals surface area contributed by atoms with Crippen molar-refractivity contribution in [2.45, 2.75) is 71.6 Å². The van der Waals surface area contributed by atoms with Gasteiger partial charge in [0.15, 0.2) is 0 Å². The van der Waals surface area contributed by atoms with Crippen LogP contribution in [-0.4, -0.2) is 28.2 Å². The third-order valence-electron chi connectivity index (χ3n) is 5.74. The van der Waals surface area contributed by atoms with Crippen LogP contribution in [0.15, 0.2) is 57.5 Å². The van der Waals surface area contributed by atoms with Gasteiger partial charge in [-0.15, -0.1) is 0 Å². The molecule has 2 rings (SSSR count). The first-order valence-corrected chi connectivity index (χ1v) is 11.6. The van der Waals surface area contributed by atoms with Crippen molar-refractivity contribution in [1.29, 1.82) is 0 Å². The minimum absolute atomic E-state index is 0.112. The molecular formula is C25H32ClF3N4O. The molecule has 1 aliphatic rings. The van der Waals surface area contributed by atoms with E-state index < -0.39 is 23.8 Å². The van der Waals surface area contributed by atoms with Crippen LogP contribution >= 0.6 is 11.6 Å². The topological polar surface area (TPSA) is 83.8 Å². The van der Waals surface area contributed by atoms with Crippen molar-refractivity contribution in [2.75, 3.05) is 0 Å². The van der Waals surface area contributed by atoms with Gasteiger partial charge in [-0.05, 0) is 65.0 Å². The maximum Gasteiger partial charge on any atom is 0.408 e. The maximum atomic E-state index is 14.4. The van der Waals surface area contributed by atoms with Crippen molar-refractivity contribution >= 4 is 22.7 Å². The summed E-state index contributed by atoms with van der Waals surface area (Å²) >= 11 is 5.92. The van der Waals surface area contributed by atoms with Crippen molar-refractivity contribution in [3.63, 3.8) is 0 Å². The SMILES string of the molecule is C/C=C(C)\C=C(/c1nc(C2=CCCCC2)cc(=O)[nH]1)C(NC(C)/C(C)=C\C(Cl)=C/N)C(F)(F)F. The van der Waals surface area contributed by atoms with E-state index in [4.69, 9.17) is 17.3 Å². The van der Waals surface area contributed by atoms with Crippen molar-refractivity contribution in [3.05, 3.63) is 74.6 Å². The van der Waals surface area contributed by atoms with Crippen LogP contribution in [0, 0.1) is 0 Å². The number of hydrogen-bond acceptors (Lipinski definition) is 4. The van der Waals surface area contributed by atoms with E-state index in [0.717, 1.165) is 31.3 Å². The van der Waals surface area contributed by atoms with E-state index in [1.54, 1.807) is 33.8 Å². The van der Waals surface area contributed by atoms with Crippen LogP contribution in [0.25, 0.3) is 11.1 Å². The summed E-state index contributed by atoms with van der Waals surface area (Å²) in [7, 11) is 0. The minimum atomic E-state index is -4.67. The fourth-order valence-corrected chi connectivity index (χ4v) is 3.75. The summed E-state index contributed by atoms with van der Waals surface area (Å²) in [6, 6.07) is -1.46. The lowest BCUT2D eigenvalue weighted by Gasteiger charge is -2.28. The number of halogens is 4. The van der Waals surface area contributed by atoms with Crippen LogP contribution in [0.3, 0.4) is 0 Å². The highest BCUT2D eigenvalue weighted by Gasteiger charge is 2.44. The van der Waals surface area contributed by atoms with Crippen molar-refractivity contribution in [1.82, 2.24) is 15.3 Å². The van der Waals surface area contributed by atoms with Crippen molar-refractivity contribution in [2.24, 2.45) is 5.73 Å². The lowest BCUT2D eigenvalue weighted by atomic mass is 9.96. The highest BCUT2D eigenvalue weighted by molar-refractivity contribution is 6.31. The van der Waals surface area contributed by atoms with Gasteiger partial charge in [0, 0.05) is 23.9 Å². The summed E-state index contributed by atoms with van der Waals surface area (Å²) in [5.74, 6) is -0.112. The number of nitrogens with one attached hydrogen (secondary N) is 2. The largest absolute Gasteiger partial charge is 0.408 e. The van der Waals surface area contributed by atoms with Crippen LogP contribution in [0.4, 0.5) is 13.2 Å². The van der Waals surface area contributed by atoms with Crippen molar-refractivity contribution < 1.29 is 13.2 Å². The van der Waals surface area contributed by atoms with E-state index in [2.05, 4.69) is 15.3 Å². The molecule has 5 nitrogen and oxygen atoms in total. The molecule has 0 saturated carbocycles. The van der Waals surface area contributed by atoms with Gasteiger partial charge in [0.1, 0.15) is 11.9 Å². The quantitative estimate of drug-likeness (QED) is 0.387. The van der Waals surface area contributed by atoms with E-state index in [-0.39, 0.29) is 16.4 Å². The molecular weight excluding hydrogens is 465 g/mol. The Kier molecular flexibility index (Phi) is 9.94. The zero-order valence-electron chi connectivity index (χ0n) is 19.9. The normalized spacial score (nSPS) is 18.5. The molecule has 0 bridgehead atoms. The molecule has 1 aromatic heterocycles. The van der Waals surface area contributed by atoms with E-state index in [0.29, 0.717) is 16.8 Å². The van der Waals surface area contributed by atoms with Gasteiger partial charge in [-0.1, -0.05) is 41.0 Å². The summed E-state index contributed by atoms with van der Waals surface area (Å²) in [4.78, 5) is 19.5. The molecule has 0 spiro atoms. The molecule has 2 unspecified atom stereocenters. The van der Waals surface area contributed by atoms with Gasteiger partial charge < -0.3 is 10.7 Å². The summed E-state index contributed by atoms with van der Waals surface area (Å²) in [5, 5.41) is 2.86. The molecule has 1 aromatic rings. The number of nitrogens with zero attached hydrogens (tertiary/aromatic N) is 1. The third kappa shape index (κ3) is 7.74. The van der Waals surface area contributed by atoms with Crippen LogP contribution in [0.1, 0.15) is 64.9 Å². The van der Waals surface area contributed by atoms with Crippen LogP contribution in [0.5, 0.6) is 0 Å². The second-order valence-corrected chi connectivity index (χ2v) is 8.83. The second-order valence-electron chi connectivity index (χ2n) is 8.39. The van der Waals surface area contributed by atoms with Crippen LogP contribution in [-0.2, 0) is 0 Å². The lowest BCUT2D eigenvalue weighted by molar-refractivity contribution is -0.143. The molecule has 1 aliphatic carbocycles. The molecule has 0 saturated heterocycles. The Bertz CT molecular complexity index is 1080. The summed E-state index contributed by atoms with van der Waals surface area (Å²) in [6.07, 6.45) is 6.69. The lowest BCUT2D eigenvalue weighted by Crippen LogP contribution is -2.48. The fourth-order valence-electron chi connectivity index (χ4n) is 3.58. The van der Waals surface area contributed by atoms with Crippen molar-refractivity contribution in [3.8, 4) is 0 Å². The summed E-state index contributed by atoms with van der Waals surface area (Å²) in [6.45, 7) is 6.69. The predicted octanol–water partition coefficient (Wildman–Crippen LogP) is 5.97. The zero-order valence-corrected chi connectivity index (χ0v) is 20.6. The van der Waals surface area contributed by atoms with E-state index in [1.807, 2.05) is 6.08 Å². The Morgan fingerprint density at radius 2 is 2.00 bits per heavy atom. The van der Waals surface area contributed by atoms with E-state index >= 15 is 0 Å². The minimum Gasteiger partial charge on any atom is -0.403 e. The zero-order chi connectivity index (χ0) is 25.5. The van der Waals surface area contributed by atoms with E-state index in [9.17, 15) is 18.0 Å². The standard InChI is InChI=1S/C25H32ClF3N4O/c1-5-15(2)11-20(23(25(27,28)29)31-17(4)16(3)12-19(26)14-30)24-32-21(13-22(34)33-24)18-9-7-6-8-10-18/h5,9,11-14,17,23,31H,6-8,10,30H2,1-4H3,(H,32,33,34)/b15-5-,16-12-,19-14+,20-11-. The van der Waals surface area contributed by atoms with Gasteiger partial charge >= 0.3 is 6.18 Å². The van der Waals surface area contributed by atoms with Crippen LogP contribution in [0.2, 0.25) is 0 Å². The Balaban J connectivity index is 2.62. The van der Waals surface area contributed by atoms with Gasteiger partial charge in [-0.3, -0.25) is 10.1 Å². The molecule has 0 aromatic carbocycles. The third-order valence-corrected chi connectivity index (χ3v) is 5.97. The van der Waals surface area contributed by atoms with Gasteiger partial charge in [0.25, 0.3) is 5.56 Å². The monoisotopic (exact) mass is 496 g/mol. The molecule has 0 fully saturated rings. The summed E-state index contributed by atoms with van der Waals surface area (Å²) < 4.78 is 43.2. The molecule has 0 amide bonds. The summed E-state index contributed by atoms with van der Waals surface area (Å²) in [5.41, 5.74) is 7.16. The Labute approximate surface area is 203 Å². The number of H-pyrrole nitrogens is 1. The number of aromatic nitrogens is 2. The molecule has 34 heavy (non-hydrogen) atoms. The average molecular weight is 497 g/mol. The number of nitrogens with two attached hydrogens (primary N) is 1. The molecule has 186 valence electrons. The van der Waals surface area contributed by atoms with Gasteiger partial charge in [-0.25, -0.2) is 4.98 Å². The molecule has 2 atom stereocenters. The molecule has 4 N–H and O–H groups in total. The Hall–Kier alpha value is -2.58. The molecule has 1 heterocycles. The first-order valence-electron chi connectivity index (χ1n) is 11.2. The Morgan fingerprint density at radius 1 is 1.29 bits per heavy atom. The number of alkyl halides is 3. The molecule has 9 heteroatoms. The smallest absolute Gasteiger partial charge is 0.403 e. The first kappa shape index (κ1) is 27.7. The average Bonchev–Trinajstić information content (AvgIpc) is 2.80. The maximum absolute atomic E-state index is 14.4. The Morgan fingerprint density at radius 3 is 2.56 bits per heavy atom. The fraction of sp³-hybridized carbons (Fsp3) is 0.440. The first-order chi connectivity index (χ1) is 16.0. The predicted molar refractivity (Wildman–Crippen MR) is 133 cm³/mol. The molecule has 0 aliphatic heterocycles. The number of rotatable bonds is 8. The molecule has 0 radical (unpaired) electrons. The second kappa shape index (κ2) is 12.2. The van der Waals surface area contributed by atoms with E-state index in [1.165, 1.54) is 24.4 Å². The number of hydrogen-bond donors (Lipinski definition) is 3. The van der Waals surface area contributed by atoms with Gasteiger partial charge in [-0.2, -0.15) is 13.2 Å². The highest BCUT2D eigenvalue weighted by atomic mass is 35.5.